The molecule has 1 atom stereocenters. The van der Waals surface area contributed by atoms with E-state index < -0.39 is 11.9 Å². The Morgan fingerprint density at radius 2 is 2.07 bits per heavy atom. The van der Waals surface area contributed by atoms with Crippen LogP contribution in [0.5, 0.6) is 5.75 Å². The largest absolute Gasteiger partial charge is 0.492 e. The van der Waals surface area contributed by atoms with Crippen molar-refractivity contribution >= 4 is 28.8 Å². The Labute approximate surface area is 174 Å². The summed E-state index contributed by atoms with van der Waals surface area (Å²) in [6.07, 6.45) is 0.300. The van der Waals surface area contributed by atoms with Crippen LogP contribution in [0.2, 0.25) is 0 Å². The van der Waals surface area contributed by atoms with E-state index >= 15 is 0 Å². The number of likely N-dealkylation sites (N-methyl/N-ethyl adjacent to an activating group) is 1. The van der Waals surface area contributed by atoms with Gasteiger partial charge in [-0.15, -0.1) is 0 Å². The molecule has 0 spiro atoms. The third-order valence-electron chi connectivity index (χ3n) is 4.68. The fourth-order valence-electron chi connectivity index (χ4n) is 3.04. The maximum Gasteiger partial charge on any atom is 0.312 e. The van der Waals surface area contributed by atoms with Crippen molar-refractivity contribution in [2.24, 2.45) is 11.1 Å². The third-order valence-corrected chi connectivity index (χ3v) is 4.68. The van der Waals surface area contributed by atoms with Gasteiger partial charge in [0.05, 0.1) is 12.3 Å². The topological polar surface area (TPSA) is 97.4 Å². The number of oxime groups is 1. The Morgan fingerprint density at radius 3 is 2.80 bits per heavy atom. The van der Waals surface area contributed by atoms with Crippen molar-refractivity contribution in [2.45, 2.75) is 13.3 Å². The molecule has 1 heterocycles. The molecule has 0 fully saturated rings. The van der Waals surface area contributed by atoms with Crippen LogP contribution in [0.15, 0.2) is 58.1 Å². The van der Waals surface area contributed by atoms with Crippen molar-refractivity contribution in [3.8, 4) is 5.75 Å². The molecule has 0 bridgehead atoms. The molecule has 30 heavy (non-hydrogen) atoms. The number of carboxylic acid groups (broad SMARTS) is 1. The Morgan fingerprint density at radius 1 is 1.27 bits per heavy atom. The van der Waals surface area contributed by atoms with Crippen LogP contribution in [-0.4, -0.2) is 49.1 Å². The van der Waals surface area contributed by atoms with E-state index in [4.69, 9.17) is 14.0 Å². The Bertz CT molecular complexity index is 997. The molecule has 1 N–H and O–H groups in total. The molecule has 0 amide bonds. The average molecular weight is 411 g/mol. The Balaban J connectivity index is 1.58. The van der Waals surface area contributed by atoms with Gasteiger partial charge in [0.25, 0.3) is 6.01 Å². The first-order valence-corrected chi connectivity index (χ1v) is 9.57. The molecule has 1 unspecified atom stereocenters. The lowest BCUT2D eigenvalue weighted by atomic mass is 9.95. The van der Waals surface area contributed by atoms with E-state index in [1.807, 2.05) is 60.5 Å². The maximum atomic E-state index is 11.6. The number of anilines is 1. The van der Waals surface area contributed by atoms with Gasteiger partial charge in [-0.2, -0.15) is 4.98 Å². The highest BCUT2D eigenvalue weighted by atomic mass is 16.6. The van der Waals surface area contributed by atoms with Gasteiger partial charge in [0, 0.05) is 7.05 Å². The molecule has 0 saturated carbocycles. The van der Waals surface area contributed by atoms with Crippen LogP contribution >= 0.6 is 0 Å². The van der Waals surface area contributed by atoms with Gasteiger partial charge in [-0.25, -0.2) is 0 Å². The molecular weight excluding hydrogens is 386 g/mol. The van der Waals surface area contributed by atoms with Gasteiger partial charge < -0.3 is 24.0 Å². The zero-order chi connectivity index (χ0) is 21.5. The molecule has 3 rings (SSSR count). The second-order valence-corrected chi connectivity index (χ2v) is 6.89. The summed E-state index contributed by atoms with van der Waals surface area (Å²) in [5.74, 6) is -1.03. The third kappa shape index (κ3) is 5.28. The van der Waals surface area contributed by atoms with Crippen LogP contribution in [-0.2, 0) is 16.1 Å². The van der Waals surface area contributed by atoms with E-state index in [1.54, 1.807) is 6.92 Å². The van der Waals surface area contributed by atoms with Gasteiger partial charge in [-0.05, 0) is 43.2 Å². The van der Waals surface area contributed by atoms with Crippen molar-refractivity contribution < 1.29 is 23.9 Å². The minimum Gasteiger partial charge on any atom is -0.492 e. The maximum absolute atomic E-state index is 11.6. The minimum absolute atomic E-state index is 0.300. The minimum atomic E-state index is -0.945. The molecule has 0 aliphatic heterocycles. The fourth-order valence-corrected chi connectivity index (χ4v) is 3.04. The number of ether oxygens (including phenoxy) is 1. The smallest absolute Gasteiger partial charge is 0.312 e. The molecule has 1 aromatic heterocycles. The van der Waals surface area contributed by atoms with Gasteiger partial charge in [-0.1, -0.05) is 29.4 Å². The number of carbonyl (C=O) groups is 1. The van der Waals surface area contributed by atoms with E-state index in [0.717, 1.165) is 16.7 Å². The summed E-state index contributed by atoms with van der Waals surface area (Å²) >= 11 is 0. The van der Waals surface area contributed by atoms with Gasteiger partial charge >= 0.3 is 5.97 Å². The average Bonchev–Trinajstić information content (AvgIpc) is 3.16. The zero-order valence-electron chi connectivity index (χ0n) is 17.2. The lowest BCUT2D eigenvalue weighted by Gasteiger charge is -2.16. The summed E-state index contributed by atoms with van der Waals surface area (Å²) in [4.78, 5) is 22.6. The van der Waals surface area contributed by atoms with Crippen LogP contribution < -0.4 is 9.64 Å². The lowest BCUT2D eigenvalue weighted by molar-refractivity contribution is -0.139. The number of hydrogen-bond acceptors (Lipinski definition) is 7. The molecular formula is C22H25N3O5. The van der Waals surface area contributed by atoms with Crippen molar-refractivity contribution in [2.75, 3.05) is 32.2 Å². The molecule has 0 saturated heterocycles. The van der Waals surface area contributed by atoms with Gasteiger partial charge in [0.1, 0.15) is 30.9 Å². The summed E-state index contributed by atoms with van der Waals surface area (Å²) in [6.45, 7) is 2.64. The highest BCUT2D eigenvalue weighted by molar-refractivity contribution is 6.00. The van der Waals surface area contributed by atoms with Gasteiger partial charge in [-0.3, -0.25) is 4.79 Å². The molecule has 0 aliphatic rings. The zero-order valence-corrected chi connectivity index (χ0v) is 17.2. The lowest BCUT2D eigenvalue weighted by Crippen LogP contribution is -2.24. The SMILES string of the molecule is CO/N=C(\C)C(Cc1cccc(OCCN(C)c2nc3ccccc3o2)c1)C(=O)O. The molecule has 8 heteroatoms. The van der Waals surface area contributed by atoms with Crippen LogP contribution in [0, 0.1) is 5.92 Å². The Hall–Kier alpha value is -3.55. The highest BCUT2D eigenvalue weighted by Gasteiger charge is 2.22. The second-order valence-electron chi connectivity index (χ2n) is 6.89. The number of aliphatic carboxylic acids is 1. The summed E-state index contributed by atoms with van der Waals surface area (Å²) in [5.41, 5.74) is 2.82. The van der Waals surface area contributed by atoms with Crippen molar-refractivity contribution in [1.82, 2.24) is 4.98 Å². The predicted octanol–water partition coefficient (Wildman–Crippen LogP) is 3.61. The van der Waals surface area contributed by atoms with Crippen LogP contribution in [0.1, 0.15) is 12.5 Å². The van der Waals surface area contributed by atoms with E-state index in [9.17, 15) is 9.90 Å². The van der Waals surface area contributed by atoms with Crippen molar-refractivity contribution in [3.05, 3.63) is 54.1 Å². The van der Waals surface area contributed by atoms with E-state index in [1.165, 1.54) is 7.11 Å². The van der Waals surface area contributed by atoms with Gasteiger partial charge in [0.15, 0.2) is 5.58 Å². The number of benzene rings is 2. The predicted molar refractivity (Wildman–Crippen MR) is 114 cm³/mol. The number of carboxylic acids is 1. The first-order valence-electron chi connectivity index (χ1n) is 9.57. The van der Waals surface area contributed by atoms with Crippen molar-refractivity contribution in [3.63, 3.8) is 0 Å². The van der Waals surface area contributed by atoms with E-state index in [0.29, 0.717) is 37.0 Å². The number of nitrogens with zero attached hydrogens (tertiary/aromatic N) is 3. The van der Waals surface area contributed by atoms with E-state index in [-0.39, 0.29) is 0 Å². The Kier molecular flexibility index (Phi) is 6.90. The number of para-hydroxylation sites is 2. The van der Waals surface area contributed by atoms with Crippen LogP contribution in [0.3, 0.4) is 0 Å². The number of fused-ring (bicyclic) bond motifs is 1. The van der Waals surface area contributed by atoms with Crippen molar-refractivity contribution in [1.29, 1.82) is 0 Å². The number of hydrogen-bond donors (Lipinski definition) is 1. The molecule has 8 nitrogen and oxygen atoms in total. The molecule has 3 aromatic rings. The molecule has 2 aromatic carbocycles. The molecule has 0 radical (unpaired) electrons. The first-order chi connectivity index (χ1) is 14.5. The quantitative estimate of drug-likeness (QED) is 0.402. The monoisotopic (exact) mass is 411 g/mol. The summed E-state index contributed by atoms with van der Waals surface area (Å²) < 4.78 is 11.6. The fraction of sp³-hybridized carbons (Fsp3) is 0.318. The summed E-state index contributed by atoms with van der Waals surface area (Å²) in [6, 6.07) is 15.5. The van der Waals surface area contributed by atoms with E-state index in [2.05, 4.69) is 10.1 Å². The summed E-state index contributed by atoms with van der Waals surface area (Å²) in [7, 11) is 3.29. The summed E-state index contributed by atoms with van der Waals surface area (Å²) in [5, 5.41) is 13.2. The number of aromatic nitrogens is 1. The molecule has 158 valence electrons. The standard InChI is InChI=1S/C22H25N3O5/c1-15(24-28-3)18(21(26)27)14-16-7-6-8-17(13-16)29-12-11-25(2)22-23-19-9-4-5-10-20(19)30-22/h4-10,13,18H,11-12,14H2,1-3H3,(H,26,27)/b24-15+. The highest BCUT2D eigenvalue weighted by Crippen LogP contribution is 2.21. The molecule has 0 aliphatic carbocycles. The number of oxazole rings is 1. The normalized spacial score (nSPS) is 12.6. The number of rotatable bonds is 10. The second kappa shape index (κ2) is 9.78. The first kappa shape index (κ1) is 21.2. The van der Waals surface area contributed by atoms with Crippen LogP contribution in [0.4, 0.5) is 6.01 Å². The van der Waals surface area contributed by atoms with Crippen LogP contribution in [0.25, 0.3) is 11.1 Å². The van der Waals surface area contributed by atoms with Gasteiger partial charge in [0.2, 0.25) is 0 Å².